The summed E-state index contributed by atoms with van der Waals surface area (Å²) in [5.41, 5.74) is 0.959. The predicted octanol–water partition coefficient (Wildman–Crippen LogP) is 2.89. The molecule has 1 fully saturated rings. The first-order valence-corrected chi connectivity index (χ1v) is 9.36. The van der Waals surface area contributed by atoms with Crippen molar-refractivity contribution in [1.82, 2.24) is 10.2 Å². The van der Waals surface area contributed by atoms with E-state index in [9.17, 15) is 9.59 Å². The van der Waals surface area contributed by atoms with Crippen molar-refractivity contribution < 1.29 is 19.1 Å². The Bertz CT molecular complexity index is 612. The van der Waals surface area contributed by atoms with Crippen LogP contribution in [0, 0.1) is 0 Å². The van der Waals surface area contributed by atoms with E-state index in [0.29, 0.717) is 30.7 Å². The van der Waals surface area contributed by atoms with Crippen molar-refractivity contribution in [2.24, 2.45) is 0 Å². The standard InChI is InChI=1S/C20H30N2O4/c1-4-26-18-13-15(9-10-17(18)25-3)14-22(2)20(24)12-11-19(23)21-16-7-5-6-8-16/h9-10,13,16H,4-8,11-12,14H2,1-3H3,(H,21,23). The molecule has 0 aliphatic heterocycles. The number of carbonyl (C=O) groups excluding carboxylic acids is 2. The molecule has 0 heterocycles. The Kier molecular flexibility index (Phi) is 7.75. The zero-order chi connectivity index (χ0) is 18.9. The summed E-state index contributed by atoms with van der Waals surface area (Å²) in [6.45, 7) is 2.93. The maximum Gasteiger partial charge on any atom is 0.223 e. The van der Waals surface area contributed by atoms with Gasteiger partial charge in [-0.25, -0.2) is 0 Å². The lowest BCUT2D eigenvalue weighted by molar-refractivity contribution is -0.133. The molecule has 2 amide bonds. The Morgan fingerprint density at radius 3 is 2.58 bits per heavy atom. The molecule has 26 heavy (non-hydrogen) atoms. The molecule has 6 nitrogen and oxygen atoms in total. The third-order valence-corrected chi connectivity index (χ3v) is 4.66. The summed E-state index contributed by atoms with van der Waals surface area (Å²) in [7, 11) is 3.35. The van der Waals surface area contributed by atoms with Crippen molar-refractivity contribution in [3.05, 3.63) is 23.8 Å². The normalized spacial score (nSPS) is 14.1. The third kappa shape index (κ3) is 5.93. The number of amides is 2. The molecule has 0 radical (unpaired) electrons. The minimum atomic E-state index is -0.0413. The summed E-state index contributed by atoms with van der Waals surface area (Å²) in [5, 5.41) is 3.02. The zero-order valence-corrected chi connectivity index (χ0v) is 16.0. The largest absolute Gasteiger partial charge is 0.493 e. The molecule has 0 aromatic heterocycles. The van der Waals surface area contributed by atoms with Crippen LogP contribution in [-0.2, 0) is 16.1 Å². The van der Waals surface area contributed by atoms with E-state index in [0.717, 1.165) is 18.4 Å². The molecular weight excluding hydrogens is 332 g/mol. The Morgan fingerprint density at radius 1 is 1.19 bits per heavy atom. The monoisotopic (exact) mass is 362 g/mol. The average molecular weight is 362 g/mol. The van der Waals surface area contributed by atoms with Crippen LogP contribution >= 0.6 is 0 Å². The molecular formula is C20H30N2O4. The summed E-state index contributed by atoms with van der Waals surface area (Å²) < 4.78 is 10.8. The SMILES string of the molecule is CCOc1cc(CN(C)C(=O)CCC(=O)NC2CCCC2)ccc1OC. The van der Waals surface area contributed by atoms with Gasteiger partial charge < -0.3 is 19.7 Å². The van der Waals surface area contributed by atoms with Crippen LogP contribution in [0.4, 0.5) is 0 Å². The third-order valence-electron chi connectivity index (χ3n) is 4.66. The van der Waals surface area contributed by atoms with Crippen molar-refractivity contribution in [2.45, 2.75) is 58.0 Å². The summed E-state index contributed by atoms with van der Waals surface area (Å²) in [4.78, 5) is 25.9. The van der Waals surface area contributed by atoms with Crippen LogP contribution in [-0.4, -0.2) is 43.5 Å². The molecule has 1 N–H and O–H groups in total. The van der Waals surface area contributed by atoms with Crippen LogP contribution < -0.4 is 14.8 Å². The lowest BCUT2D eigenvalue weighted by Crippen LogP contribution is -2.34. The lowest BCUT2D eigenvalue weighted by Gasteiger charge is -2.19. The Morgan fingerprint density at radius 2 is 1.92 bits per heavy atom. The van der Waals surface area contributed by atoms with E-state index in [-0.39, 0.29) is 24.7 Å². The van der Waals surface area contributed by atoms with Gasteiger partial charge in [0.05, 0.1) is 13.7 Å². The maximum atomic E-state index is 12.3. The number of benzene rings is 1. The first-order chi connectivity index (χ1) is 12.5. The minimum Gasteiger partial charge on any atom is -0.493 e. The van der Waals surface area contributed by atoms with Gasteiger partial charge in [0, 0.05) is 32.5 Å². The molecule has 0 unspecified atom stereocenters. The molecule has 1 aromatic rings. The van der Waals surface area contributed by atoms with Crippen LogP contribution in [0.25, 0.3) is 0 Å². The predicted molar refractivity (Wildman–Crippen MR) is 100 cm³/mol. The van der Waals surface area contributed by atoms with E-state index in [2.05, 4.69) is 5.32 Å². The number of rotatable bonds is 9. The highest BCUT2D eigenvalue weighted by atomic mass is 16.5. The van der Waals surface area contributed by atoms with Gasteiger partial charge in [-0.3, -0.25) is 9.59 Å². The van der Waals surface area contributed by atoms with E-state index in [1.807, 2.05) is 25.1 Å². The average Bonchev–Trinajstić information content (AvgIpc) is 3.13. The molecule has 1 saturated carbocycles. The highest BCUT2D eigenvalue weighted by Gasteiger charge is 2.18. The lowest BCUT2D eigenvalue weighted by atomic mass is 10.1. The van der Waals surface area contributed by atoms with Crippen molar-refractivity contribution in [2.75, 3.05) is 20.8 Å². The van der Waals surface area contributed by atoms with Crippen LogP contribution in [0.15, 0.2) is 18.2 Å². The van der Waals surface area contributed by atoms with Crippen molar-refractivity contribution in [3.8, 4) is 11.5 Å². The molecule has 144 valence electrons. The van der Waals surface area contributed by atoms with E-state index in [1.165, 1.54) is 12.8 Å². The molecule has 2 rings (SSSR count). The van der Waals surface area contributed by atoms with Crippen molar-refractivity contribution in [3.63, 3.8) is 0 Å². The minimum absolute atomic E-state index is 0.0262. The fraction of sp³-hybridized carbons (Fsp3) is 0.600. The highest BCUT2D eigenvalue weighted by Crippen LogP contribution is 2.28. The van der Waals surface area contributed by atoms with Gasteiger partial charge >= 0.3 is 0 Å². The number of nitrogens with one attached hydrogen (secondary N) is 1. The summed E-state index contributed by atoms with van der Waals surface area (Å²) in [6, 6.07) is 5.94. The maximum absolute atomic E-state index is 12.3. The van der Waals surface area contributed by atoms with Gasteiger partial charge in [-0.2, -0.15) is 0 Å². The molecule has 1 aliphatic rings. The molecule has 0 bridgehead atoms. The first-order valence-electron chi connectivity index (χ1n) is 9.36. The Balaban J connectivity index is 1.82. The molecule has 0 atom stereocenters. The molecule has 0 saturated heterocycles. The zero-order valence-electron chi connectivity index (χ0n) is 16.0. The molecule has 1 aromatic carbocycles. The Labute approximate surface area is 155 Å². The van der Waals surface area contributed by atoms with Gasteiger partial charge in [0.2, 0.25) is 11.8 Å². The number of carbonyl (C=O) groups is 2. The van der Waals surface area contributed by atoms with Crippen LogP contribution in [0.3, 0.4) is 0 Å². The Hall–Kier alpha value is -2.24. The summed E-state index contributed by atoms with van der Waals surface area (Å²) in [6.07, 6.45) is 4.94. The number of hydrogen-bond donors (Lipinski definition) is 1. The van der Waals surface area contributed by atoms with Gasteiger partial charge in [-0.05, 0) is 37.5 Å². The quantitative estimate of drug-likeness (QED) is 0.733. The molecule has 0 spiro atoms. The van der Waals surface area contributed by atoms with Crippen LogP contribution in [0.1, 0.15) is 51.0 Å². The fourth-order valence-corrected chi connectivity index (χ4v) is 3.23. The van der Waals surface area contributed by atoms with Crippen LogP contribution in [0.5, 0.6) is 11.5 Å². The van der Waals surface area contributed by atoms with Gasteiger partial charge in [-0.15, -0.1) is 0 Å². The number of nitrogens with zero attached hydrogens (tertiary/aromatic N) is 1. The first kappa shape index (κ1) is 20.1. The fourth-order valence-electron chi connectivity index (χ4n) is 3.23. The van der Waals surface area contributed by atoms with Gasteiger partial charge in [0.1, 0.15) is 0 Å². The topological polar surface area (TPSA) is 67.9 Å². The smallest absolute Gasteiger partial charge is 0.223 e. The van der Waals surface area contributed by atoms with Crippen LogP contribution in [0.2, 0.25) is 0 Å². The second-order valence-electron chi connectivity index (χ2n) is 6.72. The number of methoxy groups -OCH3 is 1. The molecule has 6 heteroatoms. The summed E-state index contributed by atoms with van der Waals surface area (Å²) in [5.74, 6) is 1.28. The van der Waals surface area contributed by atoms with Gasteiger partial charge in [-0.1, -0.05) is 18.9 Å². The van der Waals surface area contributed by atoms with E-state index in [4.69, 9.17) is 9.47 Å². The second-order valence-corrected chi connectivity index (χ2v) is 6.72. The van der Waals surface area contributed by atoms with E-state index >= 15 is 0 Å². The van der Waals surface area contributed by atoms with Gasteiger partial charge in [0.15, 0.2) is 11.5 Å². The van der Waals surface area contributed by atoms with E-state index < -0.39 is 0 Å². The molecule has 1 aliphatic carbocycles. The second kappa shape index (κ2) is 10.0. The summed E-state index contributed by atoms with van der Waals surface area (Å²) >= 11 is 0. The van der Waals surface area contributed by atoms with Gasteiger partial charge in [0.25, 0.3) is 0 Å². The highest BCUT2D eigenvalue weighted by molar-refractivity contribution is 5.83. The van der Waals surface area contributed by atoms with Crippen molar-refractivity contribution >= 4 is 11.8 Å². The van der Waals surface area contributed by atoms with Crippen molar-refractivity contribution in [1.29, 1.82) is 0 Å². The van der Waals surface area contributed by atoms with E-state index in [1.54, 1.807) is 19.1 Å². The number of hydrogen-bond acceptors (Lipinski definition) is 4. The number of ether oxygens (including phenoxy) is 2.